The van der Waals surface area contributed by atoms with E-state index < -0.39 is 17.6 Å². The number of aromatic nitrogens is 1. The maximum atomic E-state index is 13.7. The summed E-state index contributed by atoms with van der Waals surface area (Å²) in [6.45, 7) is -0.360. The number of halogens is 4. The highest BCUT2D eigenvalue weighted by atomic mass is 32.2. The van der Waals surface area contributed by atoms with E-state index in [1.165, 1.54) is 24.3 Å². The minimum Gasteiger partial charge on any atom is -0.392 e. The van der Waals surface area contributed by atoms with Crippen LogP contribution >= 0.6 is 11.8 Å². The molecule has 0 saturated carbocycles. The summed E-state index contributed by atoms with van der Waals surface area (Å²) in [5.41, 5.74) is -0.505. The van der Waals surface area contributed by atoms with E-state index in [-0.39, 0.29) is 16.5 Å². The van der Waals surface area contributed by atoms with Crippen molar-refractivity contribution in [3.05, 3.63) is 53.5 Å². The molecule has 0 aliphatic rings. The number of hydrogen-bond donors (Lipinski definition) is 1. The molecule has 0 fully saturated rings. The van der Waals surface area contributed by atoms with Crippen molar-refractivity contribution in [2.45, 2.75) is 22.7 Å². The minimum atomic E-state index is -4.45. The molecule has 7 heteroatoms. The molecule has 2 aromatic rings. The van der Waals surface area contributed by atoms with Gasteiger partial charge in [0, 0.05) is 6.20 Å². The fraction of sp³-hybridized carbons (Fsp3) is 0.154. The Balaban J connectivity index is 2.27. The smallest absolute Gasteiger partial charge is 0.392 e. The maximum Gasteiger partial charge on any atom is 0.417 e. The van der Waals surface area contributed by atoms with E-state index in [2.05, 4.69) is 4.98 Å². The van der Waals surface area contributed by atoms with Crippen LogP contribution in [-0.2, 0) is 12.8 Å². The van der Waals surface area contributed by atoms with Gasteiger partial charge in [0.15, 0.2) is 0 Å². The highest BCUT2D eigenvalue weighted by Gasteiger charge is 2.30. The zero-order valence-corrected chi connectivity index (χ0v) is 10.8. The number of nitrogens with zero attached hydrogens (tertiary/aromatic N) is 1. The third-order valence-electron chi connectivity index (χ3n) is 2.49. The van der Waals surface area contributed by atoms with Gasteiger partial charge < -0.3 is 5.11 Å². The van der Waals surface area contributed by atoms with Crippen molar-refractivity contribution in [2.75, 3.05) is 0 Å². The van der Waals surface area contributed by atoms with Gasteiger partial charge in [-0.25, -0.2) is 9.37 Å². The Labute approximate surface area is 116 Å². The lowest BCUT2D eigenvalue weighted by Crippen LogP contribution is -2.05. The molecular formula is C13H9F4NOS. The van der Waals surface area contributed by atoms with E-state index in [0.29, 0.717) is 11.8 Å². The number of aliphatic hydroxyl groups is 1. The minimum absolute atomic E-state index is 0.155. The first-order valence-electron chi connectivity index (χ1n) is 5.51. The first kappa shape index (κ1) is 14.8. The predicted octanol–water partition coefficient (Wildman–Crippen LogP) is 3.88. The lowest BCUT2D eigenvalue weighted by molar-refractivity contribution is -0.137. The van der Waals surface area contributed by atoms with Crippen molar-refractivity contribution in [1.82, 2.24) is 4.98 Å². The van der Waals surface area contributed by atoms with E-state index in [4.69, 9.17) is 5.11 Å². The van der Waals surface area contributed by atoms with Crippen LogP contribution in [0.4, 0.5) is 17.6 Å². The van der Waals surface area contributed by atoms with Crippen molar-refractivity contribution in [2.24, 2.45) is 0 Å². The molecule has 0 saturated heterocycles. The number of alkyl halides is 3. The first-order chi connectivity index (χ1) is 9.41. The molecule has 1 heterocycles. The Bertz CT molecular complexity index is 598. The topological polar surface area (TPSA) is 33.1 Å². The van der Waals surface area contributed by atoms with Crippen LogP contribution < -0.4 is 0 Å². The Morgan fingerprint density at radius 3 is 2.45 bits per heavy atom. The summed E-state index contributed by atoms with van der Waals surface area (Å²) in [6.07, 6.45) is -3.76. The molecule has 1 aromatic carbocycles. The van der Waals surface area contributed by atoms with Crippen molar-refractivity contribution in [3.63, 3.8) is 0 Å². The van der Waals surface area contributed by atoms with E-state index in [0.717, 1.165) is 17.8 Å². The van der Waals surface area contributed by atoms with Gasteiger partial charge >= 0.3 is 6.18 Å². The lowest BCUT2D eigenvalue weighted by atomic mass is 10.2. The van der Waals surface area contributed by atoms with Crippen LogP contribution in [0.1, 0.15) is 11.1 Å². The maximum absolute atomic E-state index is 13.7. The van der Waals surface area contributed by atoms with Gasteiger partial charge in [-0.3, -0.25) is 0 Å². The number of benzene rings is 1. The molecule has 0 aliphatic heterocycles. The van der Waals surface area contributed by atoms with Gasteiger partial charge in [0.25, 0.3) is 0 Å². The fourth-order valence-corrected chi connectivity index (χ4v) is 2.39. The van der Waals surface area contributed by atoms with E-state index >= 15 is 0 Å². The van der Waals surface area contributed by atoms with Crippen LogP contribution in [0.25, 0.3) is 0 Å². The highest BCUT2D eigenvalue weighted by molar-refractivity contribution is 7.99. The third kappa shape index (κ3) is 3.29. The zero-order chi connectivity index (χ0) is 14.8. The van der Waals surface area contributed by atoms with Crippen LogP contribution in [0, 0.1) is 5.82 Å². The van der Waals surface area contributed by atoms with Gasteiger partial charge in [-0.15, -0.1) is 0 Å². The average molecular weight is 303 g/mol. The zero-order valence-electron chi connectivity index (χ0n) is 9.99. The molecule has 0 spiro atoms. The van der Waals surface area contributed by atoms with Gasteiger partial charge in [0.1, 0.15) is 10.8 Å². The van der Waals surface area contributed by atoms with E-state index in [1.54, 1.807) is 0 Å². The van der Waals surface area contributed by atoms with Crippen LogP contribution in [-0.4, -0.2) is 10.1 Å². The number of aliphatic hydroxyl groups excluding tert-OH is 1. The molecule has 106 valence electrons. The lowest BCUT2D eigenvalue weighted by Gasteiger charge is -2.09. The molecule has 0 bridgehead atoms. The van der Waals surface area contributed by atoms with Crippen molar-refractivity contribution in [3.8, 4) is 0 Å². The van der Waals surface area contributed by atoms with Crippen molar-refractivity contribution in [1.29, 1.82) is 0 Å². The van der Waals surface area contributed by atoms with Crippen LogP contribution in [0.2, 0.25) is 0 Å². The summed E-state index contributed by atoms with van der Waals surface area (Å²) in [5.74, 6) is -0.553. The van der Waals surface area contributed by atoms with Gasteiger partial charge in [-0.2, -0.15) is 13.2 Å². The summed E-state index contributed by atoms with van der Waals surface area (Å²) in [7, 11) is 0. The summed E-state index contributed by atoms with van der Waals surface area (Å²) < 4.78 is 50.8. The standard InChI is InChI=1S/C13H9F4NOS/c14-10-3-1-2-8(7-19)12(10)20-11-5-4-9(6-18-11)13(15,16)17/h1-6,19H,7H2. The Hall–Kier alpha value is -1.60. The predicted molar refractivity (Wildman–Crippen MR) is 65.7 cm³/mol. The van der Waals surface area contributed by atoms with Gasteiger partial charge in [-0.1, -0.05) is 23.9 Å². The summed E-state index contributed by atoms with van der Waals surface area (Å²) in [5, 5.41) is 9.34. The molecule has 2 nitrogen and oxygen atoms in total. The van der Waals surface area contributed by atoms with Crippen LogP contribution in [0.15, 0.2) is 46.5 Å². The van der Waals surface area contributed by atoms with Crippen molar-refractivity contribution < 1.29 is 22.7 Å². The van der Waals surface area contributed by atoms with E-state index in [1.807, 2.05) is 0 Å². The summed E-state index contributed by atoms with van der Waals surface area (Å²) >= 11 is 0.871. The van der Waals surface area contributed by atoms with Crippen LogP contribution in [0.3, 0.4) is 0 Å². The largest absolute Gasteiger partial charge is 0.417 e. The molecule has 1 aromatic heterocycles. The molecule has 1 N–H and O–H groups in total. The SMILES string of the molecule is OCc1cccc(F)c1Sc1ccc(C(F)(F)F)cn1. The van der Waals surface area contributed by atoms with Gasteiger partial charge in [-0.05, 0) is 23.8 Å². The monoisotopic (exact) mass is 303 g/mol. The molecule has 0 amide bonds. The Morgan fingerprint density at radius 1 is 1.15 bits per heavy atom. The molecule has 0 atom stereocenters. The van der Waals surface area contributed by atoms with Crippen LogP contribution in [0.5, 0.6) is 0 Å². The summed E-state index contributed by atoms with van der Waals surface area (Å²) in [4.78, 5) is 3.81. The molecule has 0 unspecified atom stereocenters. The third-order valence-corrected chi connectivity index (χ3v) is 3.60. The summed E-state index contributed by atoms with van der Waals surface area (Å²) in [6, 6.07) is 6.25. The molecule has 20 heavy (non-hydrogen) atoms. The highest BCUT2D eigenvalue weighted by Crippen LogP contribution is 2.34. The number of rotatable bonds is 3. The number of pyridine rings is 1. The fourth-order valence-electron chi connectivity index (χ4n) is 1.51. The quantitative estimate of drug-likeness (QED) is 0.873. The second-order valence-corrected chi connectivity index (χ2v) is 4.90. The van der Waals surface area contributed by atoms with E-state index in [9.17, 15) is 17.6 Å². The normalized spacial score (nSPS) is 11.7. The number of hydrogen-bond acceptors (Lipinski definition) is 3. The molecule has 0 aliphatic carbocycles. The van der Waals surface area contributed by atoms with Gasteiger partial charge in [0.05, 0.1) is 17.1 Å². The molecular weight excluding hydrogens is 294 g/mol. The van der Waals surface area contributed by atoms with Gasteiger partial charge in [0.2, 0.25) is 0 Å². The average Bonchev–Trinajstić information content (AvgIpc) is 2.40. The first-order valence-corrected chi connectivity index (χ1v) is 6.33. The Morgan fingerprint density at radius 2 is 1.90 bits per heavy atom. The van der Waals surface area contributed by atoms with Crippen molar-refractivity contribution >= 4 is 11.8 Å². The molecule has 0 radical (unpaired) electrons. The second kappa shape index (κ2) is 5.80. The molecule has 2 rings (SSSR count). The Kier molecular flexibility index (Phi) is 4.29. The second-order valence-electron chi connectivity index (χ2n) is 3.87.